The summed E-state index contributed by atoms with van der Waals surface area (Å²) in [5.41, 5.74) is 5.66. The minimum Gasteiger partial charge on any atom is -0.456 e. The van der Waals surface area contributed by atoms with Gasteiger partial charge in [-0.15, -0.1) is 11.3 Å². The Morgan fingerprint density at radius 2 is 1.93 bits per heavy atom. The number of nitrogens with zero attached hydrogens (tertiary/aromatic N) is 1. The van der Waals surface area contributed by atoms with E-state index < -0.39 is 24.5 Å². The van der Waals surface area contributed by atoms with Gasteiger partial charge in [0.25, 0.3) is 5.91 Å². The van der Waals surface area contributed by atoms with Crippen molar-refractivity contribution in [3.63, 3.8) is 0 Å². The number of nitrogens with two attached hydrogens (primary N) is 1. The van der Waals surface area contributed by atoms with Crippen molar-refractivity contribution in [1.82, 2.24) is 10.3 Å². The minimum atomic E-state index is -0.962. The van der Waals surface area contributed by atoms with E-state index in [-0.39, 0.29) is 11.8 Å². The molecule has 0 spiro atoms. The molecule has 1 saturated carbocycles. The molecule has 0 radical (unpaired) electrons. The van der Waals surface area contributed by atoms with E-state index in [1.165, 1.54) is 0 Å². The van der Waals surface area contributed by atoms with Crippen LogP contribution in [0, 0.1) is 5.41 Å². The fraction of sp³-hybridized carbons (Fsp3) is 0.474. The summed E-state index contributed by atoms with van der Waals surface area (Å²) in [5.74, 6) is -1.16. The number of carbonyl (C=O) groups excluding carboxylic acids is 3. The van der Waals surface area contributed by atoms with E-state index in [0.29, 0.717) is 0 Å². The third kappa shape index (κ3) is 5.26. The average molecular weight is 389 g/mol. The van der Waals surface area contributed by atoms with Gasteiger partial charge in [0.05, 0.1) is 21.6 Å². The van der Waals surface area contributed by atoms with Gasteiger partial charge in [-0.2, -0.15) is 0 Å². The molecule has 1 fully saturated rings. The van der Waals surface area contributed by atoms with E-state index in [1.807, 2.05) is 23.5 Å². The maximum absolute atomic E-state index is 12.3. The van der Waals surface area contributed by atoms with E-state index in [2.05, 4.69) is 6.07 Å². The Bertz CT molecular complexity index is 809. The Morgan fingerprint density at radius 1 is 1.19 bits per heavy atom. The molecule has 1 aromatic carbocycles. The lowest BCUT2D eigenvalue weighted by molar-refractivity contribution is -0.151. The highest BCUT2D eigenvalue weighted by atomic mass is 32.1. The SMILES string of the molecule is NC(=O)NC(=O)COC(=O)CC1(Cc2nc3ccccc3s2)CCCCC1. The first-order chi connectivity index (χ1) is 13.0. The molecule has 1 heterocycles. The maximum atomic E-state index is 12.3. The quantitative estimate of drug-likeness (QED) is 0.738. The molecule has 144 valence electrons. The van der Waals surface area contributed by atoms with Crippen LogP contribution in [0.15, 0.2) is 24.3 Å². The van der Waals surface area contributed by atoms with Gasteiger partial charge < -0.3 is 10.5 Å². The third-order valence-electron chi connectivity index (χ3n) is 4.92. The van der Waals surface area contributed by atoms with Gasteiger partial charge in [-0.1, -0.05) is 31.4 Å². The van der Waals surface area contributed by atoms with Crippen molar-refractivity contribution in [2.24, 2.45) is 11.1 Å². The summed E-state index contributed by atoms with van der Waals surface area (Å²) in [6.07, 6.45) is 6.15. The number of hydrogen-bond acceptors (Lipinski definition) is 6. The lowest BCUT2D eigenvalue weighted by Crippen LogP contribution is -2.38. The second-order valence-corrected chi connectivity index (χ2v) is 8.18. The van der Waals surface area contributed by atoms with Gasteiger partial charge in [-0.05, 0) is 30.4 Å². The molecule has 27 heavy (non-hydrogen) atoms. The van der Waals surface area contributed by atoms with Gasteiger partial charge >= 0.3 is 12.0 Å². The molecule has 0 atom stereocenters. The number of nitrogens with one attached hydrogen (secondary N) is 1. The molecular formula is C19H23N3O4S. The van der Waals surface area contributed by atoms with Crippen LogP contribution in [0.5, 0.6) is 0 Å². The van der Waals surface area contributed by atoms with Crippen LogP contribution in [0.2, 0.25) is 0 Å². The molecular weight excluding hydrogens is 366 g/mol. The second kappa shape index (κ2) is 8.47. The van der Waals surface area contributed by atoms with Crippen molar-refractivity contribution < 1.29 is 19.1 Å². The zero-order chi connectivity index (χ0) is 19.3. The van der Waals surface area contributed by atoms with Crippen molar-refractivity contribution >= 4 is 39.5 Å². The number of urea groups is 1. The summed E-state index contributed by atoms with van der Waals surface area (Å²) in [6.45, 7) is -0.501. The zero-order valence-electron chi connectivity index (χ0n) is 15.0. The van der Waals surface area contributed by atoms with Crippen LogP contribution in [-0.2, 0) is 20.7 Å². The normalized spacial score (nSPS) is 16.0. The number of fused-ring (bicyclic) bond motifs is 1. The molecule has 0 aliphatic heterocycles. The lowest BCUT2D eigenvalue weighted by atomic mass is 9.70. The predicted octanol–water partition coefficient (Wildman–Crippen LogP) is 2.92. The average Bonchev–Trinajstić information content (AvgIpc) is 3.02. The van der Waals surface area contributed by atoms with Crippen LogP contribution in [0.25, 0.3) is 10.2 Å². The molecule has 3 N–H and O–H groups in total. The Labute approximate surface area is 161 Å². The van der Waals surface area contributed by atoms with E-state index in [9.17, 15) is 14.4 Å². The number of rotatable bonds is 6. The molecule has 0 bridgehead atoms. The molecule has 3 rings (SSSR count). The monoisotopic (exact) mass is 389 g/mol. The Balaban J connectivity index is 1.66. The molecule has 2 aromatic rings. The Hall–Kier alpha value is -2.48. The number of aromatic nitrogens is 1. The molecule has 8 heteroatoms. The maximum Gasteiger partial charge on any atom is 0.318 e. The predicted molar refractivity (Wildman–Crippen MR) is 102 cm³/mol. The van der Waals surface area contributed by atoms with Crippen LogP contribution < -0.4 is 11.1 Å². The fourth-order valence-electron chi connectivity index (χ4n) is 3.71. The van der Waals surface area contributed by atoms with E-state index in [0.717, 1.165) is 53.7 Å². The van der Waals surface area contributed by atoms with Crippen molar-refractivity contribution in [2.75, 3.05) is 6.61 Å². The van der Waals surface area contributed by atoms with Gasteiger partial charge in [0.2, 0.25) is 0 Å². The van der Waals surface area contributed by atoms with Gasteiger partial charge in [0, 0.05) is 6.42 Å². The number of carbonyl (C=O) groups is 3. The molecule has 7 nitrogen and oxygen atoms in total. The summed E-state index contributed by atoms with van der Waals surface area (Å²) < 4.78 is 6.20. The fourth-order valence-corrected chi connectivity index (χ4v) is 4.85. The number of para-hydroxylation sites is 1. The van der Waals surface area contributed by atoms with Gasteiger partial charge in [-0.3, -0.25) is 14.9 Å². The highest BCUT2D eigenvalue weighted by Gasteiger charge is 2.36. The number of esters is 1. The highest BCUT2D eigenvalue weighted by Crippen LogP contribution is 2.43. The van der Waals surface area contributed by atoms with Crippen molar-refractivity contribution in [3.8, 4) is 0 Å². The van der Waals surface area contributed by atoms with Crippen LogP contribution in [0.4, 0.5) is 4.79 Å². The number of amides is 3. The number of benzene rings is 1. The number of imide groups is 1. The van der Waals surface area contributed by atoms with Crippen molar-refractivity contribution in [3.05, 3.63) is 29.3 Å². The minimum absolute atomic E-state index is 0.191. The summed E-state index contributed by atoms with van der Waals surface area (Å²) in [6, 6.07) is 7.05. The summed E-state index contributed by atoms with van der Waals surface area (Å²) in [4.78, 5) is 39.1. The summed E-state index contributed by atoms with van der Waals surface area (Å²) in [5, 5.41) is 2.91. The third-order valence-corrected chi connectivity index (χ3v) is 5.96. The molecule has 1 aliphatic carbocycles. The molecule has 0 unspecified atom stereocenters. The second-order valence-electron chi connectivity index (χ2n) is 7.06. The number of ether oxygens (including phenoxy) is 1. The first kappa shape index (κ1) is 19.3. The van der Waals surface area contributed by atoms with E-state index >= 15 is 0 Å². The number of hydrogen-bond donors (Lipinski definition) is 2. The molecule has 1 aromatic heterocycles. The van der Waals surface area contributed by atoms with Gasteiger partial charge in [-0.25, -0.2) is 9.78 Å². The van der Waals surface area contributed by atoms with Gasteiger partial charge in [0.1, 0.15) is 0 Å². The Kier molecular flexibility index (Phi) is 6.05. The smallest absolute Gasteiger partial charge is 0.318 e. The van der Waals surface area contributed by atoms with Crippen LogP contribution in [0.1, 0.15) is 43.5 Å². The molecule has 0 saturated heterocycles. The molecule has 1 aliphatic rings. The zero-order valence-corrected chi connectivity index (χ0v) is 15.8. The van der Waals surface area contributed by atoms with Crippen molar-refractivity contribution in [1.29, 1.82) is 0 Å². The largest absolute Gasteiger partial charge is 0.456 e. The standard InChI is InChI=1S/C19H23N3O4S/c20-18(25)22-15(23)12-26-17(24)11-19(8-4-1-5-9-19)10-16-21-13-6-2-3-7-14(13)27-16/h2-3,6-7H,1,4-5,8-12H2,(H3,20,22,23,25). The Morgan fingerprint density at radius 3 is 2.63 bits per heavy atom. The highest BCUT2D eigenvalue weighted by molar-refractivity contribution is 7.18. The number of primary amides is 1. The van der Waals surface area contributed by atoms with Crippen LogP contribution in [-0.4, -0.2) is 29.5 Å². The van der Waals surface area contributed by atoms with E-state index in [1.54, 1.807) is 11.3 Å². The number of thiazole rings is 1. The topological polar surface area (TPSA) is 111 Å². The lowest BCUT2D eigenvalue weighted by Gasteiger charge is -2.36. The van der Waals surface area contributed by atoms with E-state index in [4.69, 9.17) is 15.5 Å². The summed E-state index contributed by atoms with van der Waals surface area (Å²) >= 11 is 1.66. The first-order valence-electron chi connectivity index (χ1n) is 9.05. The van der Waals surface area contributed by atoms with Gasteiger partial charge in [0.15, 0.2) is 6.61 Å². The van der Waals surface area contributed by atoms with Crippen molar-refractivity contribution in [2.45, 2.75) is 44.9 Å². The molecule has 3 amide bonds. The van der Waals surface area contributed by atoms with Crippen LogP contribution in [0.3, 0.4) is 0 Å². The van der Waals surface area contributed by atoms with Crippen LogP contribution >= 0.6 is 11.3 Å². The summed E-state index contributed by atoms with van der Waals surface area (Å²) in [7, 11) is 0. The first-order valence-corrected chi connectivity index (χ1v) is 9.87.